The van der Waals surface area contributed by atoms with E-state index >= 15 is 0 Å². The van der Waals surface area contributed by atoms with Crippen LogP contribution in [-0.2, 0) is 19.6 Å². The van der Waals surface area contributed by atoms with Crippen LogP contribution in [0.15, 0.2) is 53.4 Å². The first-order chi connectivity index (χ1) is 13.9. The SMILES string of the molecule is COc1ccc(C)cc1N(CC(=O)NC[C@@H]1CCCO1)S(=O)(=O)c1ccccc1. The van der Waals surface area contributed by atoms with Crippen molar-refractivity contribution in [2.24, 2.45) is 0 Å². The molecule has 3 rings (SSSR count). The van der Waals surface area contributed by atoms with E-state index in [4.69, 9.17) is 9.47 Å². The highest BCUT2D eigenvalue weighted by molar-refractivity contribution is 7.92. The highest BCUT2D eigenvalue weighted by Crippen LogP contribution is 2.33. The van der Waals surface area contributed by atoms with Crippen molar-refractivity contribution in [3.63, 3.8) is 0 Å². The van der Waals surface area contributed by atoms with Crippen LogP contribution in [0.4, 0.5) is 5.69 Å². The molecule has 1 atom stereocenters. The number of hydrogen-bond acceptors (Lipinski definition) is 5. The van der Waals surface area contributed by atoms with Gasteiger partial charge in [0.25, 0.3) is 10.0 Å². The van der Waals surface area contributed by atoms with Crippen molar-refractivity contribution in [2.45, 2.75) is 30.8 Å². The summed E-state index contributed by atoms with van der Waals surface area (Å²) < 4.78 is 38.7. The maximum Gasteiger partial charge on any atom is 0.264 e. The fourth-order valence-corrected chi connectivity index (χ4v) is 4.68. The minimum absolute atomic E-state index is 0.0216. The van der Waals surface area contributed by atoms with Gasteiger partial charge in [-0.05, 0) is 49.6 Å². The van der Waals surface area contributed by atoms with Gasteiger partial charge in [0.1, 0.15) is 12.3 Å². The Morgan fingerprint density at radius 1 is 1.24 bits per heavy atom. The molecule has 7 nitrogen and oxygen atoms in total. The third-order valence-electron chi connectivity index (χ3n) is 4.77. The third kappa shape index (κ3) is 5.07. The normalized spacial score (nSPS) is 16.4. The zero-order valence-electron chi connectivity index (χ0n) is 16.6. The van der Waals surface area contributed by atoms with Crippen LogP contribution in [-0.4, -0.2) is 47.2 Å². The number of carbonyl (C=O) groups is 1. The highest BCUT2D eigenvalue weighted by Gasteiger charge is 2.29. The lowest BCUT2D eigenvalue weighted by Gasteiger charge is -2.26. The summed E-state index contributed by atoms with van der Waals surface area (Å²) in [6.45, 7) is 2.55. The van der Waals surface area contributed by atoms with Crippen LogP contribution in [0.25, 0.3) is 0 Å². The van der Waals surface area contributed by atoms with E-state index in [1.165, 1.54) is 19.2 Å². The molecule has 1 fully saturated rings. The van der Waals surface area contributed by atoms with E-state index in [1.54, 1.807) is 30.3 Å². The van der Waals surface area contributed by atoms with Crippen LogP contribution in [0.1, 0.15) is 18.4 Å². The van der Waals surface area contributed by atoms with E-state index in [9.17, 15) is 13.2 Å². The monoisotopic (exact) mass is 418 g/mol. The molecule has 1 amide bonds. The number of aryl methyl sites for hydroxylation is 1. The molecule has 8 heteroatoms. The molecule has 0 radical (unpaired) electrons. The molecule has 156 valence electrons. The molecule has 0 bridgehead atoms. The number of sulfonamides is 1. The van der Waals surface area contributed by atoms with Gasteiger partial charge in [-0.15, -0.1) is 0 Å². The fraction of sp³-hybridized carbons (Fsp3) is 0.381. The summed E-state index contributed by atoms with van der Waals surface area (Å²) in [4.78, 5) is 12.7. The molecule has 1 aliphatic heterocycles. The predicted molar refractivity (Wildman–Crippen MR) is 111 cm³/mol. The number of rotatable bonds is 8. The molecule has 0 aliphatic carbocycles. The van der Waals surface area contributed by atoms with Crippen molar-refractivity contribution in [1.82, 2.24) is 5.32 Å². The lowest BCUT2D eigenvalue weighted by atomic mass is 10.2. The zero-order valence-corrected chi connectivity index (χ0v) is 17.4. The van der Waals surface area contributed by atoms with Crippen LogP contribution >= 0.6 is 0 Å². The van der Waals surface area contributed by atoms with E-state index in [0.29, 0.717) is 24.6 Å². The van der Waals surface area contributed by atoms with E-state index in [-0.39, 0.29) is 17.5 Å². The molecule has 1 heterocycles. The van der Waals surface area contributed by atoms with Crippen LogP contribution in [0.3, 0.4) is 0 Å². The van der Waals surface area contributed by atoms with Gasteiger partial charge in [0, 0.05) is 13.2 Å². The third-order valence-corrected chi connectivity index (χ3v) is 6.55. The number of carbonyl (C=O) groups excluding carboxylic acids is 1. The molecular formula is C21H26N2O5S. The van der Waals surface area contributed by atoms with Crippen molar-refractivity contribution >= 4 is 21.6 Å². The summed E-state index contributed by atoms with van der Waals surface area (Å²) >= 11 is 0. The van der Waals surface area contributed by atoms with Gasteiger partial charge in [0.05, 0.1) is 23.8 Å². The van der Waals surface area contributed by atoms with Crippen molar-refractivity contribution in [3.8, 4) is 5.75 Å². The molecular weight excluding hydrogens is 392 g/mol. The van der Waals surface area contributed by atoms with E-state index in [0.717, 1.165) is 22.7 Å². The summed E-state index contributed by atoms with van der Waals surface area (Å²) in [5, 5.41) is 2.79. The van der Waals surface area contributed by atoms with Gasteiger partial charge in [0.15, 0.2) is 0 Å². The number of benzene rings is 2. The number of methoxy groups -OCH3 is 1. The van der Waals surface area contributed by atoms with E-state index in [2.05, 4.69) is 5.32 Å². The number of nitrogens with one attached hydrogen (secondary N) is 1. The van der Waals surface area contributed by atoms with Gasteiger partial charge in [0.2, 0.25) is 5.91 Å². The Morgan fingerprint density at radius 2 is 2.00 bits per heavy atom. The second-order valence-corrected chi connectivity index (χ2v) is 8.80. The first-order valence-corrected chi connectivity index (χ1v) is 11.0. The molecule has 0 unspecified atom stereocenters. The van der Waals surface area contributed by atoms with Crippen LogP contribution < -0.4 is 14.4 Å². The largest absolute Gasteiger partial charge is 0.495 e. The van der Waals surface area contributed by atoms with E-state index < -0.39 is 15.9 Å². The predicted octanol–water partition coefficient (Wildman–Crippen LogP) is 2.49. The number of amides is 1. The number of ether oxygens (including phenoxy) is 2. The fourth-order valence-electron chi connectivity index (χ4n) is 3.23. The lowest BCUT2D eigenvalue weighted by molar-refractivity contribution is -0.120. The second-order valence-electron chi connectivity index (χ2n) is 6.94. The molecule has 0 saturated carbocycles. The summed E-state index contributed by atoms with van der Waals surface area (Å²) in [5.74, 6) is -0.0226. The van der Waals surface area contributed by atoms with E-state index in [1.807, 2.05) is 13.0 Å². The molecule has 0 aromatic heterocycles. The quantitative estimate of drug-likeness (QED) is 0.712. The maximum atomic E-state index is 13.4. The summed E-state index contributed by atoms with van der Waals surface area (Å²) in [6, 6.07) is 13.3. The van der Waals surface area contributed by atoms with Crippen molar-refractivity contribution in [2.75, 3.05) is 31.1 Å². The number of nitrogens with zero attached hydrogens (tertiary/aromatic N) is 1. The number of anilines is 1. The zero-order chi connectivity index (χ0) is 20.9. The Kier molecular flexibility index (Phi) is 6.76. The first kappa shape index (κ1) is 21.1. The Morgan fingerprint density at radius 3 is 2.66 bits per heavy atom. The van der Waals surface area contributed by atoms with Crippen molar-refractivity contribution in [3.05, 3.63) is 54.1 Å². The summed E-state index contributed by atoms with van der Waals surface area (Å²) in [5.41, 5.74) is 1.18. The highest BCUT2D eigenvalue weighted by atomic mass is 32.2. The molecule has 1 aliphatic rings. The molecule has 1 N–H and O–H groups in total. The van der Waals surface area contributed by atoms with Crippen molar-refractivity contribution < 1.29 is 22.7 Å². The van der Waals surface area contributed by atoms with Gasteiger partial charge in [-0.3, -0.25) is 9.10 Å². The lowest BCUT2D eigenvalue weighted by Crippen LogP contribution is -2.43. The Labute approximate surface area is 171 Å². The van der Waals surface area contributed by atoms with Crippen LogP contribution in [0.2, 0.25) is 0 Å². The van der Waals surface area contributed by atoms with Crippen molar-refractivity contribution in [1.29, 1.82) is 0 Å². The van der Waals surface area contributed by atoms with Gasteiger partial charge >= 0.3 is 0 Å². The van der Waals surface area contributed by atoms with Gasteiger partial charge in [-0.1, -0.05) is 24.3 Å². The molecule has 2 aromatic carbocycles. The minimum Gasteiger partial charge on any atom is -0.495 e. The van der Waals surface area contributed by atoms with Gasteiger partial charge < -0.3 is 14.8 Å². The Hall–Kier alpha value is -2.58. The average molecular weight is 419 g/mol. The Balaban J connectivity index is 1.91. The molecule has 0 spiro atoms. The minimum atomic E-state index is -3.97. The van der Waals surface area contributed by atoms with Crippen LogP contribution in [0.5, 0.6) is 5.75 Å². The second kappa shape index (κ2) is 9.28. The van der Waals surface area contributed by atoms with Gasteiger partial charge in [-0.2, -0.15) is 0 Å². The summed E-state index contributed by atoms with van der Waals surface area (Å²) in [6.07, 6.45) is 1.83. The standard InChI is InChI=1S/C21H26N2O5S/c1-16-10-11-20(27-2)19(13-16)23(29(25,26)18-8-4-3-5-9-18)15-21(24)22-14-17-7-6-12-28-17/h3-5,8-11,13,17H,6-7,12,14-15H2,1-2H3,(H,22,24)/t17-/m0/s1. The van der Waals surface area contributed by atoms with Crippen LogP contribution in [0, 0.1) is 6.92 Å². The Bertz CT molecular complexity index is 941. The molecule has 2 aromatic rings. The summed E-state index contributed by atoms with van der Waals surface area (Å²) in [7, 11) is -2.50. The molecule has 29 heavy (non-hydrogen) atoms. The van der Waals surface area contributed by atoms with Gasteiger partial charge in [-0.25, -0.2) is 8.42 Å². The first-order valence-electron chi connectivity index (χ1n) is 9.52. The smallest absolute Gasteiger partial charge is 0.264 e. The molecule has 1 saturated heterocycles. The number of hydrogen-bond donors (Lipinski definition) is 1. The topological polar surface area (TPSA) is 84.9 Å². The maximum absolute atomic E-state index is 13.4. The average Bonchev–Trinajstić information content (AvgIpc) is 3.24.